The van der Waals surface area contributed by atoms with Crippen molar-refractivity contribution in [3.8, 4) is 0 Å². The van der Waals surface area contributed by atoms with Gasteiger partial charge in [0, 0.05) is 38.1 Å². The van der Waals surface area contributed by atoms with Crippen LogP contribution in [0.1, 0.15) is 25.7 Å². The Morgan fingerprint density at radius 2 is 1.79 bits per heavy atom. The molecule has 1 aromatic heterocycles. The maximum Gasteiger partial charge on any atom is 0.150 e. The van der Waals surface area contributed by atoms with Crippen molar-refractivity contribution >= 4 is 29.4 Å². The van der Waals surface area contributed by atoms with Crippen molar-refractivity contribution in [2.45, 2.75) is 37.4 Å². The molecule has 0 aromatic carbocycles. The standard InChI is InChI=1S/C27H31N5O2/c1-33-13-3-5-19-15-26-30-24(19)17-22-7-6-20(28-22)16-21-8-9-23(29-21)18-27(11-4-14-34-2)12-10-25(31-26)32-27/h6-10,12,15-18,25,28,32H,3-5,11,13-14H2,1-2H3. The molecule has 0 saturated heterocycles. The third-order valence-electron chi connectivity index (χ3n) is 6.28. The van der Waals surface area contributed by atoms with Crippen molar-refractivity contribution < 1.29 is 9.47 Å². The zero-order valence-corrected chi connectivity index (χ0v) is 19.8. The predicted molar refractivity (Wildman–Crippen MR) is 138 cm³/mol. The number of amidine groups is 1. The van der Waals surface area contributed by atoms with E-state index in [1.807, 2.05) is 0 Å². The van der Waals surface area contributed by atoms with Crippen molar-refractivity contribution in [3.63, 3.8) is 0 Å². The number of rotatable bonds is 8. The number of allylic oxidation sites excluding steroid dienone is 3. The molecule has 4 aliphatic heterocycles. The highest BCUT2D eigenvalue weighted by Gasteiger charge is 2.32. The van der Waals surface area contributed by atoms with E-state index in [1.165, 1.54) is 5.57 Å². The number of ether oxygens (including phenoxy) is 2. The van der Waals surface area contributed by atoms with Gasteiger partial charge in [0.1, 0.15) is 12.0 Å². The Kier molecular flexibility index (Phi) is 6.67. The largest absolute Gasteiger partial charge is 0.385 e. The van der Waals surface area contributed by atoms with Crippen LogP contribution in [0.15, 0.2) is 74.8 Å². The van der Waals surface area contributed by atoms with Crippen molar-refractivity contribution in [1.82, 2.24) is 10.3 Å². The van der Waals surface area contributed by atoms with Gasteiger partial charge in [-0.15, -0.1) is 0 Å². The summed E-state index contributed by atoms with van der Waals surface area (Å²) in [6.07, 6.45) is 20.4. The van der Waals surface area contributed by atoms with Crippen molar-refractivity contribution in [2.75, 3.05) is 27.4 Å². The Morgan fingerprint density at radius 1 is 0.971 bits per heavy atom. The summed E-state index contributed by atoms with van der Waals surface area (Å²) in [7, 11) is 3.47. The molecule has 5 rings (SSSR count). The normalized spacial score (nSPS) is 24.8. The van der Waals surface area contributed by atoms with Crippen LogP contribution in [-0.4, -0.2) is 61.4 Å². The van der Waals surface area contributed by atoms with E-state index in [9.17, 15) is 0 Å². The molecule has 0 spiro atoms. The van der Waals surface area contributed by atoms with Gasteiger partial charge in [-0.05, 0) is 85.9 Å². The first-order chi connectivity index (χ1) is 16.6. The Hall–Kier alpha value is -3.13. The van der Waals surface area contributed by atoms with Gasteiger partial charge in [0.2, 0.25) is 0 Å². The molecule has 2 unspecified atom stereocenters. The molecule has 5 heterocycles. The summed E-state index contributed by atoms with van der Waals surface area (Å²) in [5, 5.41) is 5.71. The third-order valence-corrected chi connectivity index (χ3v) is 6.28. The molecule has 8 bridgehead atoms. The number of methoxy groups -OCH3 is 2. The third kappa shape index (κ3) is 5.17. The van der Waals surface area contributed by atoms with Crippen LogP contribution in [0.25, 0.3) is 12.2 Å². The molecule has 0 saturated carbocycles. The number of aliphatic imine (C=N–C) groups is 3. The first-order valence-corrected chi connectivity index (χ1v) is 11.9. The van der Waals surface area contributed by atoms with E-state index in [-0.39, 0.29) is 11.7 Å². The Morgan fingerprint density at radius 3 is 2.65 bits per heavy atom. The lowest BCUT2D eigenvalue weighted by atomic mass is 9.93. The fraction of sp³-hybridized carbons (Fsp3) is 0.370. The van der Waals surface area contributed by atoms with Gasteiger partial charge in [0.05, 0.1) is 22.7 Å². The van der Waals surface area contributed by atoms with Crippen LogP contribution in [0, 0.1) is 0 Å². The summed E-state index contributed by atoms with van der Waals surface area (Å²) in [6.45, 7) is 1.43. The zero-order valence-electron chi connectivity index (χ0n) is 19.8. The Bertz CT molecular complexity index is 1270. The Labute approximate surface area is 199 Å². The van der Waals surface area contributed by atoms with E-state index < -0.39 is 0 Å². The van der Waals surface area contributed by atoms with E-state index in [4.69, 9.17) is 24.5 Å². The van der Waals surface area contributed by atoms with Crippen molar-refractivity contribution in [3.05, 3.63) is 70.6 Å². The number of hydrogen-bond donors (Lipinski definition) is 2. The highest BCUT2D eigenvalue weighted by Crippen LogP contribution is 2.28. The van der Waals surface area contributed by atoms with Gasteiger partial charge in [0.25, 0.3) is 0 Å². The van der Waals surface area contributed by atoms with Crippen LogP contribution in [0.3, 0.4) is 0 Å². The molecule has 0 radical (unpaired) electrons. The lowest BCUT2D eigenvalue weighted by Crippen LogP contribution is -2.42. The molecule has 7 heteroatoms. The van der Waals surface area contributed by atoms with Crippen LogP contribution in [0.2, 0.25) is 0 Å². The van der Waals surface area contributed by atoms with Crippen LogP contribution in [-0.2, 0) is 9.47 Å². The molecule has 34 heavy (non-hydrogen) atoms. The SMILES string of the molecule is COCCCC1=CC2=NC3C=CC(CCCOC)(C=C4C=CC(=N4)C=c4ccc([nH]4)=CC1=N2)N3. The second-order valence-electron chi connectivity index (χ2n) is 8.93. The van der Waals surface area contributed by atoms with Crippen LogP contribution >= 0.6 is 0 Å². The lowest BCUT2D eigenvalue weighted by Gasteiger charge is -2.26. The molecule has 0 fully saturated rings. The molecule has 7 nitrogen and oxygen atoms in total. The van der Waals surface area contributed by atoms with Gasteiger partial charge < -0.3 is 14.5 Å². The average Bonchev–Trinajstić information content (AvgIpc) is 3.60. The van der Waals surface area contributed by atoms with Crippen LogP contribution < -0.4 is 16.0 Å². The number of aromatic nitrogens is 1. The monoisotopic (exact) mass is 457 g/mol. The second-order valence-corrected chi connectivity index (χ2v) is 8.93. The molecule has 0 aliphatic carbocycles. The van der Waals surface area contributed by atoms with Crippen LogP contribution in [0.4, 0.5) is 0 Å². The Balaban J connectivity index is 1.55. The summed E-state index contributed by atoms with van der Waals surface area (Å²) in [6, 6.07) is 4.14. The van der Waals surface area contributed by atoms with E-state index in [0.29, 0.717) is 6.61 Å². The molecule has 0 amide bonds. The molecule has 2 N–H and O–H groups in total. The number of nitrogens with one attached hydrogen (secondary N) is 2. The minimum Gasteiger partial charge on any atom is -0.385 e. The minimum absolute atomic E-state index is 0.153. The smallest absolute Gasteiger partial charge is 0.150 e. The first-order valence-electron chi connectivity index (χ1n) is 11.9. The predicted octanol–water partition coefficient (Wildman–Crippen LogP) is 2.34. The van der Waals surface area contributed by atoms with Crippen molar-refractivity contribution in [1.29, 1.82) is 0 Å². The quantitative estimate of drug-likeness (QED) is 0.464. The number of H-pyrrole nitrogens is 1. The summed E-state index contributed by atoms with van der Waals surface area (Å²) in [5.41, 5.74) is 3.67. The number of fused-ring (bicyclic) bond motifs is 6. The molecule has 1 aromatic rings. The van der Waals surface area contributed by atoms with Gasteiger partial charge in [-0.1, -0.05) is 6.08 Å². The first kappa shape index (κ1) is 22.7. The molecular weight excluding hydrogens is 426 g/mol. The zero-order chi connectivity index (χ0) is 23.4. The topological polar surface area (TPSA) is 83.4 Å². The molecular formula is C27H31N5O2. The van der Waals surface area contributed by atoms with Crippen LogP contribution in [0.5, 0.6) is 0 Å². The second kappa shape index (κ2) is 10.0. The fourth-order valence-corrected chi connectivity index (χ4v) is 4.66. The van der Waals surface area contributed by atoms with E-state index in [2.05, 4.69) is 71.0 Å². The van der Waals surface area contributed by atoms with Gasteiger partial charge in [-0.2, -0.15) is 0 Å². The molecule has 176 valence electrons. The van der Waals surface area contributed by atoms with Gasteiger partial charge in [-0.3, -0.25) is 5.32 Å². The fourth-order valence-electron chi connectivity index (χ4n) is 4.66. The lowest BCUT2D eigenvalue weighted by molar-refractivity contribution is 0.187. The molecule has 4 aliphatic rings. The van der Waals surface area contributed by atoms with Gasteiger partial charge in [-0.25, -0.2) is 15.0 Å². The van der Waals surface area contributed by atoms with E-state index in [1.54, 1.807) is 14.2 Å². The summed E-state index contributed by atoms with van der Waals surface area (Å²) < 4.78 is 10.6. The maximum absolute atomic E-state index is 5.31. The summed E-state index contributed by atoms with van der Waals surface area (Å²) in [4.78, 5) is 18.1. The van der Waals surface area contributed by atoms with Gasteiger partial charge in [0.15, 0.2) is 0 Å². The molecule has 2 atom stereocenters. The number of hydrogen-bond acceptors (Lipinski definition) is 6. The average molecular weight is 458 g/mol. The van der Waals surface area contributed by atoms with E-state index >= 15 is 0 Å². The minimum atomic E-state index is -0.329. The van der Waals surface area contributed by atoms with E-state index in [0.717, 1.165) is 65.9 Å². The summed E-state index contributed by atoms with van der Waals surface area (Å²) in [5.74, 6) is 0.743. The van der Waals surface area contributed by atoms with Crippen molar-refractivity contribution in [2.24, 2.45) is 15.0 Å². The highest BCUT2D eigenvalue weighted by molar-refractivity contribution is 6.30. The number of aromatic amines is 1. The number of nitrogens with zero attached hydrogens (tertiary/aromatic N) is 3. The summed E-state index contributed by atoms with van der Waals surface area (Å²) >= 11 is 0. The van der Waals surface area contributed by atoms with Gasteiger partial charge >= 0.3 is 0 Å². The maximum atomic E-state index is 5.31. The highest BCUT2D eigenvalue weighted by atomic mass is 16.5.